The van der Waals surface area contributed by atoms with Crippen molar-refractivity contribution in [1.29, 1.82) is 0 Å². The Morgan fingerprint density at radius 2 is 1.72 bits per heavy atom. The van der Waals surface area contributed by atoms with Crippen molar-refractivity contribution in [2.24, 2.45) is 34.5 Å². The van der Waals surface area contributed by atoms with Crippen LogP contribution < -0.4 is 0 Å². The molecule has 0 aliphatic heterocycles. The van der Waals surface area contributed by atoms with Crippen LogP contribution in [0.4, 0.5) is 0 Å². The monoisotopic (exact) mass is 510 g/mol. The number of hydrogen-bond acceptors (Lipinski definition) is 8. The van der Waals surface area contributed by atoms with Gasteiger partial charge in [0.15, 0.2) is 5.78 Å². The van der Waals surface area contributed by atoms with Crippen LogP contribution in [0.5, 0.6) is 0 Å². The third-order valence-corrected chi connectivity index (χ3v) is 11.5. The van der Waals surface area contributed by atoms with Gasteiger partial charge in [0.2, 0.25) is 0 Å². The summed E-state index contributed by atoms with van der Waals surface area (Å²) in [6, 6.07) is 0. The molecule has 0 amide bonds. The van der Waals surface area contributed by atoms with E-state index in [2.05, 4.69) is 0 Å². The molecule has 8 nitrogen and oxygen atoms in total. The molecule has 36 heavy (non-hydrogen) atoms. The second-order valence-electron chi connectivity index (χ2n) is 13.5. The fourth-order valence-corrected chi connectivity index (χ4v) is 8.52. The first kappa shape index (κ1) is 28.1. The first-order valence-corrected chi connectivity index (χ1v) is 13.5. The van der Waals surface area contributed by atoms with Crippen LogP contribution in [0.3, 0.4) is 0 Å². The van der Waals surface area contributed by atoms with E-state index in [9.17, 15) is 40.5 Å². The van der Waals surface area contributed by atoms with E-state index in [1.807, 2.05) is 13.8 Å². The lowest BCUT2D eigenvalue weighted by Gasteiger charge is -2.60. The van der Waals surface area contributed by atoms with Crippen molar-refractivity contribution in [3.8, 4) is 0 Å². The minimum atomic E-state index is -1.57. The van der Waals surface area contributed by atoms with E-state index >= 15 is 0 Å². The van der Waals surface area contributed by atoms with Crippen molar-refractivity contribution in [3.05, 3.63) is 11.6 Å². The Labute approximate surface area is 214 Å². The highest BCUT2D eigenvalue weighted by Crippen LogP contribution is 2.68. The second kappa shape index (κ2) is 8.83. The van der Waals surface area contributed by atoms with Gasteiger partial charge in [0, 0.05) is 11.3 Å². The maximum atomic E-state index is 13.3. The minimum Gasteiger partial charge on any atom is -0.393 e. The summed E-state index contributed by atoms with van der Waals surface area (Å²) < 4.78 is 0. The van der Waals surface area contributed by atoms with Gasteiger partial charge in [-0.05, 0) is 93.6 Å². The number of fused-ring (bicyclic) bond motifs is 5. The topological polar surface area (TPSA) is 159 Å². The number of hydrogen-bond donors (Lipinski definition) is 7. The largest absolute Gasteiger partial charge is 0.393 e. The molecule has 0 aromatic rings. The van der Waals surface area contributed by atoms with Gasteiger partial charge in [0.05, 0.1) is 41.7 Å². The van der Waals surface area contributed by atoms with Crippen molar-refractivity contribution in [2.75, 3.05) is 6.61 Å². The quantitative estimate of drug-likeness (QED) is 0.280. The molecule has 8 heteroatoms. The van der Waals surface area contributed by atoms with Gasteiger partial charge in [-0.2, -0.15) is 0 Å². The van der Waals surface area contributed by atoms with E-state index in [-0.39, 0.29) is 24.5 Å². The van der Waals surface area contributed by atoms with E-state index in [4.69, 9.17) is 0 Å². The summed E-state index contributed by atoms with van der Waals surface area (Å²) in [4.78, 5) is 13.3. The van der Waals surface area contributed by atoms with Gasteiger partial charge in [-0.3, -0.25) is 4.79 Å². The van der Waals surface area contributed by atoms with Crippen molar-refractivity contribution in [1.82, 2.24) is 0 Å². The first-order chi connectivity index (χ1) is 16.5. The number of aliphatic hydroxyl groups excluding tert-OH is 4. The molecule has 0 radical (unpaired) electrons. The van der Waals surface area contributed by atoms with E-state index < -0.39 is 70.3 Å². The van der Waals surface area contributed by atoms with Gasteiger partial charge in [-0.15, -0.1) is 0 Å². The SMILES string of the molecule is C[C@@H](C[C@@H](O)[C@](C)(O)[C@@H]1CC[C@@]2(O)C3=CC(=O)[C@H]4C[C@@H](O)[C@@H](O)C[C@]4(C)[C@@H]3CC[C@]12C)[C@](C)(O)CO. The Kier molecular flexibility index (Phi) is 6.90. The van der Waals surface area contributed by atoms with Crippen LogP contribution in [0.1, 0.15) is 79.6 Å². The highest BCUT2D eigenvalue weighted by Gasteiger charge is 2.69. The molecule has 3 fully saturated rings. The molecular formula is C28H46O8. The summed E-state index contributed by atoms with van der Waals surface area (Å²) in [5.41, 5.74) is -4.98. The van der Waals surface area contributed by atoms with E-state index in [1.54, 1.807) is 19.9 Å². The molecule has 0 aromatic carbocycles. The van der Waals surface area contributed by atoms with Crippen LogP contribution in [0.2, 0.25) is 0 Å². The number of carbonyl (C=O) groups excluding carboxylic acids is 1. The van der Waals surface area contributed by atoms with Crippen LogP contribution >= 0.6 is 0 Å². The number of carbonyl (C=O) groups is 1. The average molecular weight is 511 g/mol. The molecule has 206 valence electrons. The number of rotatable bonds is 6. The lowest BCUT2D eigenvalue weighted by molar-refractivity contribution is -0.180. The zero-order valence-electron chi connectivity index (χ0n) is 22.3. The van der Waals surface area contributed by atoms with Crippen molar-refractivity contribution < 1.29 is 40.5 Å². The molecule has 7 N–H and O–H groups in total. The van der Waals surface area contributed by atoms with Crippen LogP contribution in [-0.2, 0) is 4.79 Å². The van der Waals surface area contributed by atoms with Crippen LogP contribution in [0.25, 0.3) is 0 Å². The van der Waals surface area contributed by atoms with Gasteiger partial charge in [-0.25, -0.2) is 0 Å². The maximum Gasteiger partial charge on any atom is 0.159 e. The summed E-state index contributed by atoms with van der Waals surface area (Å²) in [5, 5.41) is 75.7. The summed E-state index contributed by atoms with van der Waals surface area (Å²) in [6.07, 6.45) is 1.20. The zero-order chi connectivity index (χ0) is 27.1. The summed E-state index contributed by atoms with van der Waals surface area (Å²) in [6.45, 7) is 8.28. The summed E-state index contributed by atoms with van der Waals surface area (Å²) >= 11 is 0. The molecule has 0 bridgehead atoms. The Morgan fingerprint density at radius 3 is 2.33 bits per heavy atom. The lowest BCUT2D eigenvalue weighted by Crippen LogP contribution is -2.63. The van der Waals surface area contributed by atoms with Crippen LogP contribution in [-0.4, -0.2) is 83.3 Å². The Bertz CT molecular complexity index is 913. The molecule has 0 aromatic heterocycles. The van der Waals surface area contributed by atoms with Gasteiger partial charge < -0.3 is 35.7 Å². The van der Waals surface area contributed by atoms with Gasteiger partial charge >= 0.3 is 0 Å². The fraction of sp³-hybridized carbons (Fsp3) is 0.893. The number of ketones is 1. The molecule has 0 unspecified atom stereocenters. The smallest absolute Gasteiger partial charge is 0.159 e. The molecule has 4 rings (SSSR count). The van der Waals surface area contributed by atoms with Gasteiger partial charge in [0.25, 0.3) is 0 Å². The number of aliphatic hydroxyl groups is 7. The standard InChI is InChI=1S/C28H46O8/c1-15(26(4,34)14-29)10-23(33)27(5,35)22-7-9-28(36)17-11-19(30)18-12-20(31)21(32)13-24(18,2)16(17)6-8-25(22,28)3/h11,15-16,18,20-23,29,31-36H,6-10,12-14H2,1-5H3/t15-,16+,18+,20+,21-,22+,23+,24+,25+,26+,27+,28+/m0/s1. The van der Waals surface area contributed by atoms with Crippen molar-refractivity contribution in [2.45, 2.75) is 115 Å². The highest BCUT2D eigenvalue weighted by molar-refractivity contribution is 5.95. The highest BCUT2D eigenvalue weighted by atomic mass is 16.3. The molecule has 3 saturated carbocycles. The normalized spacial score (nSPS) is 47.5. The van der Waals surface area contributed by atoms with Crippen molar-refractivity contribution >= 4 is 5.78 Å². The Morgan fingerprint density at radius 1 is 1.08 bits per heavy atom. The third kappa shape index (κ3) is 3.86. The van der Waals surface area contributed by atoms with Crippen LogP contribution in [0, 0.1) is 34.5 Å². The second-order valence-corrected chi connectivity index (χ2v) is 13.5. The fourth-order valence-electron chi connectivity index (χ4n) is 8.52. The molecule has 12 atom stereocenters. The summed E-state index contributed by atoms with van der Waals surface area (Å²) in [7, 11) is 0. The van der Waals surface area contributed by atoms with E-state index in [0.717, 1.165) is 0 Å². The zero-order valence-corrected chi connectivity index (χ0v) is 22.3. The predicted octanol–water partition coefficient (Wildman–Crippen LogP) is 1.07. The molecule has 4 aliphatic rings. The number of allylic oxidation sites excluding steroid dienone is 1. The Hall–Kier alpha value is -0.870. The average Bonchev–Trinajstić information content (AvgIpc) is 3.07. The van der Waals surface area contributed by atoms with Gasteiger partial charge in [-0.1, -0.05) is 20.8 Å². The Balaban J connectivity index is 1.65. The molecule has 0 spiro atoms. The minimum absolute atomic E-state index is 0.0787. The molecular weight excluding hydrogens is 464 g/mol. The first-order valence-electron chi connectivity index (χ1n) is 13.5. The maximum absolute atomic E-state index is 13.3. The summed E-state index contributed by atoms with van der Waals surface area (Å²) in [5.74, 6) is -1.58. The van der Waals surface area contributed by atoms with Crippen molar-refractivity contribution in [3.63, 3.8) is 0 Å². The van der Waals surface area contributed by atoms with E-state index in [1.165, 1.54) is 6.92 Å². The van der Waals surface area contributed by atoms with E-state index in [0.29, 0.717) is 37.7 Å². The van der Waals surface area contributed by atoms with Crippen LogP contribution in [0.15, 0.2) is 11.6 Å². The third-order valence-electron chi connectivity index (χ3n) is 11.5. The molecule has 0 saturated heterocycles. The lowest BCUT2D eigenvalue weighted by atomic mass is 9.45. The van der Waals surface area contributed by atoms with Gasteiger partial charge in [0.1, 0.15) is 0 Å². The predicted molar refractivity (Wildman–Crippen MR) is 133 cm³/mol. The molecule has 4 aliphatic carbocycles. The molecule has 0 heterocycles.